The van der Waals surface area contributed by atoms with E-state index in [0.29, 0.717) is 17.4 Å². The van der Waals surface area contributed by atoms with Crippen LogP contribution in [-0.2, 0) is 18.4 Å². The Morgan fingerprint density at radius 3 is 1.54 bits per heavy atom. The second kappa shape index (κ2) is 39.2. The number of aliphatic hydroxyl groups excluding tert-OH is 1. The highest BCUT2D eigenvalue weighted by Crippen LogP contribution is 2.43. The van der Waals surface area contributed by atoms with Crippen LogP contribution in [0, 0.1) is 0 Å². The quantitative estimate of drug-likeness (QED) is 0.0247. The van der Waals surface area contributed by atoms with Crippen LogP contribution in [0.3, 0.4) is 0 Å². The normalized spacial score (nSPS) is 15.1. The second-order valence-electron chi connectivity index (χ2n) is 16.0. The standard InChI is InChI=1S/C48H85N2O6P/c1-6-8-10-12-14-16-18-20-21-22-23-24-25-26-27-28-29-30-32-34-36-38-40-42-48(52)49-46(45-56-57(53,54)55-44-43-50(3,4)5)47(51)41-39-37-35-33-31-19-17-15-13-11-9-7-2/h8,10,14,16,20-21,23-24,26-27,29-30,39,41,46-47,51H,6-7,9,11-13,15,17-19,22,25,28,31-38,40,42-45H2,1-5H3,(H-,49,52,53,54)/p+1/b10-8-,16-14-,21-20-,24-23-,27-26-,30-29-,41-39+. The summed E-state index contributed by atoms with van der Waals surface area (Å²) in [5, 5.41) is 13.8. The van der Waals surface area contributed by atoms with Gasteiger partial charge in [-0.15, -0.1) is 0 Å². The first-order valence-corrected chi connectivity index (χ1v) is 24.0. The van der Waals surface area contributed by atoms with E-state index in [1.54, 1.807) is 6.08 Å². The van der Waals surface area contributed by atoms with Crippen molar-refractivity contribution >= 4 is 13.7 Å². The number of nitrogens with one attached hydrogen (secondary N) is 1. The van der Waals surface area contributed by atoms with E-state index in [4.69, 9.17) is 9.05 Å². The maximum atomic E-state index is 12.9. The molecule has 0 aromatic carbocycles. The van der Waals surface area contributed by atoms with Gasteiger partial charge in [-0.25, -0.2) is 4.57 Å². The molecule has 9 heteroatoms. The van der Waals surface area contributed by atoms with E-state index in [9.17, 15) is 19.4 Å². The Morgan fingerprint density at radius 1 is 0.614 bits per heavy atom. The van der Waals surface area contributed by atoms with Gasteiger partial charge in [-0.3, -0.25) is 13.8 Å². The topological polar surface area (TPSA) is 105 Å². The van der Waals surface area contributed by atoms with Crippen molar-refractivity contribution < 1.29 is 32.9 Å². The number of allylic oxidation sites excluding steroid dienone is 13. The van der Waals surface area contributed by atoms with Gasteiger partial charge in [-0.2, -0.15) is 0 Å². The summed E-state index contributed by atoms with van der Waals surface area (Å²) >= 11 is 0. The number of phosphoric acid groups is 1. The Bertz CT molecular complexity index is 1200. The van der Waals surface area contributed by atoms with Gasteiger partial charge in [0.25, 0.3) is 0 Å². The highest BCUT2D eigenvalue weighted by atomic mass is 31.2. The van der Waals surface area contributed by atoms with Gasteiger partial charge >= 0.3 is 7.82 Å². The van der Waals surface area contributed by atoms with Gasteiger partial charge in [0.15, 0.2) is 0 Å². The molecule has 0 rings (SSSR count). The van der Waals surface area contributed by atoms with Crippen LogP contribution in [-0.4, -0.2) is 73.4 Å². The van der Waals surface area contributed by atoms with Gasteiger partial charge in [0.1, 0.15) is 13.2 Å². The number of carbonyl (C=O) groups is 1. The fourth-order valence-electron chi connectivity index (χ4n) is 5.81. The number of quaternary nitrogens is 1. The van der Waals surface area contributed by atoms with Crippen molar-refractivity contribution in [1.82, 2.24) is 5.32 Å². The largest absolute Gasteiger partial charge is 0.472 e. The number of amides is 1. The van der Waals surface area contributed by atoms with Crippen molar-refractivity contribution in [3.63, 3.8) is 0 Å². The first-order chi connectivity index (χ1) is 27.5. The molecule has 3 unspecified atom stereocenters. The van der Waals surface area contributed by atoms with E-state index in [-0.39, 0.29) is 19.1 Å². The molecule has 0 saturated heterocycles. The summed E-state index contributed by atoms with van der Waals surface area (Å²) in [7, 11) is 1.54. The number of nitrogens with zero attached hydrogens (tertiary/aromatic N) is 1. The first-order valence-electron chi connectivity index (χ1n) is 22.5. The highest BCUT2D eigenvalue weighted by molar-refractivity contribution is 7.47. The molecule has 0 fully saturated rings. The molecule has 57 heavy (non-hydrogen) atoms. The van der Waals surface area contributed by atoms with Gasteiger partial charge in [-0.05, 0) is 70.6 Å². The summed E-state index contributed by atoms with van der Waals surface area (Å²) in [5.74, 6) is -0.207. The molecule has 0 spiro atoms. The fourth-order valence-corrected chi connectivity index (χ4v) is 6.54. The van der Waals surface area contributed by atoms with Crippen LogP contribution in [0.1, 0.15) is 162 Å². The predicted molar refractivity (Wildman–Crippen MR) is 244 cm³/mol. The van der Waals surface area contributed by atoms with Crippen molar-refractivity contribution in [1.29, 1.82) is 0 Å². The second-order valence-corrected chi connectivity index (χ2v) is 17.5. The zero-order valence-corrected chi connectivity index (χ0v) is 37.9. The Kier molecular flexibility index (Phi) is 37.6. The molecule has 8 nitrogen and oxygen atoms in total. The molecule has 0 aliphatic rings. The minimum atomic E-state index is -4.35. The number of aliphatic hydroxyl groups is 1. The lowest BCUT2D eigenvalue weighted by Gasteiger charge is -2.25. The minimum Gasteiger partial charge on any atom is -0.387 e. The van der Waals surface area contributed by atoms with E-state index in [1.165, 1.54) is 51.4 Å². The fraction of sp³-hybridized carbons (Fsp3) is 0.688. The van der Waals surface area contributed by atoms with Crippen molar-refractivity contribution in [2.24, 2.45) is 0 Å². The molecule has 0 aromatic heterocycles. The molecule has 0 aromatic rings. The lowest BCUT2D eigenvalue weighted by molar-refractivity contribution is -0.870. The number of unbranched alkanes of at least 4 members (excludes halogenated alkanes) is 14. The molecule has 0 bridgehead atoms. The minimum absolute atomic E-state index is 0.0513. The number of hydrogen-bond donors (Lipinski definition) is 3. The Morgan fingerprint density at radius 2 is 1.05 bits per heavy atom. The predicted octanol–water partition coefficient (Wildman–Crippen LogP) is 12.6. The zero-order chi connectivity index (χ0) is 42.1. The molecule has 0 radical (unpaired) electrons. The number of hydrogen-bond acceptors (Lipinski definition) is 5. The summed E-state index contributed by atoms with van der Waals surface area (Å²) < 4.78 is 23.5. The molecule has 0 saturated carbocycles. The highest BCUT2D eigenvalue weighted by Gasteiger charge is 2.27. The van der Waals surface area contributed by atoms with Crippen LogP contribution in [0.25, 0.3) is 0 Å². The Hall–Kier alpha value is -2.32. The van der Waals surface area contributed by atoms with E-state index in [2.05, 4.69) is 92.1 Å². The molecule has 0 aliphatic carbocycles. The molecule has 1 amide bonds. The van der Waals surface area contributed by atoms with Crippen molar-refractivity contribution in [2.45, 2.75) is 174 Å². The van der Waals surface area contributed by atoms with E-state index in [0.717, 1.165) is 89.9 Å². The van der Waals surface area contributed by atoms with Crippen molar-refractivity contribution in [3.8, 4) is 0 Å². The molecule has 328 valence electrons. The third kappa shape index (κ3) is 41.6. The van der Waals surface area contributed by atoms with Crippen LogP contribution in [0.5, 0.6) is 0 Å². The van der Waals surface area contributed by atoms with Gasteiger partial charge < -0.3 is 19.8 Å². The smallest absolute Gasteiger partial charge is 0.387 e. The van der Waals surface area contributed by atoms with Crippen LogP contribution in [0.15, 0.2) is 85.1 Å². The number of rotatable bonds is 39. The summed E-state index contributed by atoms with van der Waals surface area (Å²) in [5.41, 5.74) is 0. The van der Waals surface area contributed by atoms with E-state index < -0.39 is 20.0 Å². The average molecular weight is 818 g/mol. The molecule has 0 heterocycles. The zero-order valence-electron chi connectivity index (χ0n) is 37.0. The molecular weight excluding hydrogens is 732 g/mol. The average Bonchev–Trinajstić information content (AvgIpc) is 3.16. The molecule has 0 aliphatic heterocycles. The van der Waals surface area contributed by atoms with Crippen LogP contribution in [0.4, 0.5) is 0 Å². The molecule has 3 atom stereocenters. The van der Waals surface area contributed by atoms with Gasteiger partial charge in [-0.1, -0.05) is 170 Å². The lowest BCUT2D eigenvalue weighted by Crippen LogP contribution is -2.45. The van der Waals surface area contributed by atoms with Crippen LogP contribution < -0.4 is 5.32 Å². The molecular formula is C48H86N2O6P+. The van der Waals surface area contributed by atoms with Gasteiger partial charge in [0.2, 0.25) is 5.91 Å². The number of likely N-dealkylation sites (N-methyl/N-ethyl adjacent to an activating group) is 1. The van der Waals surface area contributed by atoms with E-state index >= 15 is 0 Å². The number of phosphoric ester groups is 1. The van der Waals surface area contributed by atoms with E-state index in [1.807, 2.05) is 27.2 Å². The summed E-state index contributed by atoms with van der Waals surface area (Å²) in [6, 6.07) is -0.864. The van der Waals surface area contributed by atoms with Crippen LogP contribution in [0.2, 0.25) is 0 Å². The van der Waals surface area contributed by atoms with Crippen molar-refractivity contribution in [2.75, 3.05) is 40.9 Å². The van der Waals surface area contributed by atoms with Crippen molar-refractivity contribution in [3.05, 3.63) is 85.1 Å². The molecule has 3 N–H and O–H groups in total. The Balaban J connectivity index is 4.44. The monoisotopic (exact) mass is 818 g/mol. The van der Waals surface area contributed by atoms with Gasteiger partial charge in [0.05, 0.1) is 39.9 Å². The summed E-state index contributed by atoms with van der Waals surface area (Å²) in [4.78, 5) is 23.1. The first kappa shape index (κ1) is 54.7. The summed E-state index contributed by atoms with van der Waals surface area (Å²) in [6.45, 7) is 4.64. The summed E-state index contributed by atoms with van der Waals surface area (Å²) in [6.07, 6.45) is 53.6. The van der Waals surface area contributed by atoms with Gasteiger partial charge in [0, 0.05) is 6.42 Å². The Labute approximate surface area is 350 Å². The lowest BCUT2D eigenvalue weighted by atomic mass is 10.1. The maximum Gasteiger partial charge on any atom is 0.472 e. The van der Waals surface area contributed by atoms with Crippen LogP contribution >= 0.6 is 7.82 Å². The SMILES string of the molecule is CC/C=C\C/C=C\C/C=C\C/C=C\C/C=C\C/C=C\CCCCCCC(=O)NC(COP(=O)(O)OCC[N+](C)(C)C)C(O)/C=C/CCCCCCCCCCCC. The third-order valence-corrected chi connectivity index (χ3v) is 10.4. The number of carbonyl (C=O) groups excluding carboxylic acids is 1. The third-order valence-electron chi connectivity index (χ3n) is 9.37. The maximum absolute atomic E-state index is 12.9.